The molecular weight excluding hydrogens is 374 g/mol. The molecule has 2 N–H and O–H groups in total. The summed E-state index contributed by atoms with van der Waals surface area (Å²) in [5, 5.41) is 0. The van der Waals surface area contributed by atoms with Gasteiger partial charge in [-0.2, -0.15) is 0 Å². The third-order valence-corrected chi connectivity index (χ3v) is 4.45. The van der Waals surface area contributed by atoms with Gasteiger partial charge in [-0.1, -0.05) is 24.3 Å². The van der Waals surface area contributed by atoms with Crippen molar-refractivity contribution in [2.24, 2.45) is 11.1 Å². The Hall–Kier alpha value is -2.51. The van der Waals surface area contributed by atoms with Gasteiger partial charge >= 0.3 is 0 Å². The molecular formula is C19H24ClNO6. The molecule has 2 rings (SSSR count). The van der Waals surface area contributed by atoms with E-state index in [4.69, 9.17) is 24.7 Å². The minimum Gasteiger partial charge on any atom is -0.493 e. The molecule has 0 spiro atoms. The maximum atomic E-state index is 12.9. The minimum atomic E-state index is -1.26. The third kappa shape index (κ3) is 4.26. The highest BCUT2D eigenvalue weighted by atomic mass is 35.5. The van der Waals surface area contributed by atoms with Gasteiger partial charge in [0.1, 0.15) is 5.41 Å². The fourth-order valence-electron chi connectivity index (χ4n) is 3.03. The van der Waals surface area contributed by atoms with Crippen LogP contribution in [-0.4, -0.2) is 46.2 Å². The second-order valence-corrected chi connectivity index (χ2v) is 5.82. The molecule has 2 unspecified atom stereocenters. The van der Waals surface area contributed by atoms with Gasteiger partial charge in [0.25, 0.3) is 0 Å². The van der Waals surface area contributed by atoms with Crippen molar-refractivity contribution in [3.63, 3.8) is 0 Å². The highest BCUT2D eigenvalue weighted by Crippen LogP contribution is 2.40. The van der Waals surface area contributed by atoms with Crippen molar-refractivity contribution in [1.82, 2.24) is 0 Å². The molecule has 1 aliphatic carbocycles. The van der Waals surface area contributed by atoms with Crippen molar-refractivity contribution in [1.29, 1.82) is 0 Å². The first-order valence-electron chi connectivity index (χ1n) is 7.95. The minimum absolute atomic E-state index is 0. The number of carbonyl (C=O) groups excluding carboxylic acids is 2. The van der Waals surface area contributed by atoms with Gasteiger partial charge < -0.3 is 24.7 Å². The van der Waals surface area contributed by atoms with E-state index in [1.807, 2.05) is 0 Å². The predicted molar refractivity (Wildman–Crippen MR) is 103 cm³/mol. The average molecular weight is 398 g/mol. The van der Waals surface area contributed by atoms with Gasteiger partial charge in [0.15, 0.2) is 17.3 Å². The summed E-state index contributed by atoms with van der Waals surface area (Å²) in [6, 6.07) is 3.09. The smallest absolute Gasteiger partial charge is 0.230 e. The van der Waals surface area contributed by atoms with Crippen LogP contribution in [0.1, 0.15) is 16.8 Å². The molecule has 0 saturated carbocycles. The van der Waals surface area contributed by atoms with E-state index in [2.05, 4.69) is 0 Å². The van der Waals surface area contributed by atoms with Gasteiger partial charge in [0, 0.05) is 19.1 Å². The summed E-state index contributed by atoms with van der Waals surface area (Å²) in [5.41, 5.74) is 4.68. The Bertz CT molecular complexity index is 736. The van der Waals surface area contributed by atoms with Crippen molar-refractivity contribution in [3.8, 4) is 17.2 Å². The molecule has 0 aromatic heterocycles. The van der Waals surface area contributed by atoms with E-state index < -0.39 is 17.4 Å². The maximum Gasteiger partial charge on any atom is 0.230 e. The second-order valence-electron chi connectivity index (χ2n) is 5.82. The van der Waals surface area contributed by atoms with Crippen molar-refractivity contribution in [2.75, 3.05) is 28.4 Å². The zero-order chi connectivity index (χ0) is 19.3. The highest BCUT2D eigenvalue weighted by molar-refractivity contribution is 6.01. The van der Waals surface area contributed by atoms with Crippen molar-refractivity contribution in [3.05, 3.63) is 42.0 Å². The topological polar surface area (TPSA) is 97.1 Å². The van der Waals surface area contributed by atoms with Gasteiger partial charge in [-0.05, 0) is 12.1 Å². The largest absolute Gasteiger partial charge is 0.493 e. The third-order valence-electron chi connectivity index (χ3n) is 4.45. The Balaban J connectivity index is 0.00000364. The number of methoxy groups -OCH3 is 4. The van der Waals surface area contributed by atoms with E-state index in [1.54, 1.807) is 36.4 Å². The van der Waals surface area contributed by atoms with Crippen LogP contribution < -0.4 is 19.9 Å². The van der Waals surface area contributed by atoms with Gasteiger partial charge in [0.2, 0.25) is 11.7 Å². The second kappa shape index (κ2) is 9.43. The lowest BCUT2D eigenvalue weighted by Crippen LogP contribution is -2.47. The predicted octanol–water partition coefficient (Wildman–Crippen LogP) is 2.32. The summed E-state index contributed by atoms with van der Waals surface area (Å²) in [4.78, 5) is 25.1. The standard InChI is InChI=1S/C19H23NO6.ClH/c1-23-14-9-12(10-15(24-2)17(14)26-4)13(21)11-19(18(20)22)8-6-5-7-16(19)25-3;/h5-10,16H,11H2,1-4H3,(H2,20,22);1H. The molecule has 0 aliphatic heterocycles. The Morgan fingerprint density at radius 3 is 2.07 bits per heavy atom. The van der Waals surface area contributed by atoms with Crippen LogP contribution >= 0.6 is 12.4 Å². The number of ketones is 1. The number of benzene rings is 1. The van der Waals surface area contributed by atoms with Crippen LogP contribution in [0.4, 0.5) is 0 Å². The molecule has 0 bridgehead atoms. The van der Waals surface area contributed by atoms with Gasteiger partial charge in [-0.15, -0.1) is 12.4 Å². The number of halogens is 1. The molecule has 0 radical (unpaired) electrons. The number of hydrogen-bond acceptors (Lipinski definition) is 6. The molecule has 7 nitrogen and oxygen atoms in total. The highest BCUT2D eigenvalue weighted by Gasteiger charge is 2.44. The zero-order valence-electron chi connectivity index (χ0n) is 15.7. The Labute approximate surface area is 164 Å². The normalized spacial score (nSPS) is 20.5. The molecule has 1 amide bonds. The molecule has 1 aromatic rings. The van der Waals surface area contributed by atoms with Crippen LogP contribution in [0.2, 0.25) is 0 Å². The quantitative estimate of drug-likeness (QED) is 0.676. The summed E-state index contributed by atoms with van der Waals surface area (Å²) in [7, 11) is 5.88. The first-order chi connectivity index (χ1) is 12.4. The molecule has 8 heteroatoms. The Morgan fingerprint density at radius 1 is 1.04 bits per heavy atom. The lowest BCUT2D eigenvalue weighted by Gasteiger charge is -2.34. The number of hydrogen-bond donors (Lipinski definition) is 1. The average Bonchev–Trinajstić information content (AvgIpc) is 2.66. The molecule has 0 saturated heterocycles. The maximum absolute atomic E-state index is 12.9. The molecule has 27 heavy (non-hydrogen) atoms. The molecule has 0 fully saturated rings. The van der Waals surface area contributed by atoms with Gasteiger partial charge in [0.05, 0.1) is 27.4 Å². The number of rotatable bonds is 8. The summed E-state index contributed by atoms with van der Waals surface area (Å²) in [6.07, 6.45) is 5.96. The lowest BCUT2D eigenvalue weighted by atomic mass is 9.73. The van der Waals surface area contributed by atoms with E-state index in [9.17, 15) is 9.59 Å². The summed E-state index contributed by atoms with van der Waals surface area (Å²) < 4.78 is 21.2. The molecule has 2 atom stereocenters. The number of Topliss-reactive ketones (excluding diaryl/α,β-unsaturated/α-hetero) is 1. The first-order valence-corrected chi connectivity index (χ1v) is 7.95. The molecule has 0 heterocycles. The number of ether oxygens (including phenoxy) is 4. The Morgan fingerprint density at radius 2 is 1.63 bits per heavy atom. The number of carbonyl (C=O) groups is 2. The van der Waals surface area contributed by atoms with Crippen LogP contribution in [-0.2, 0) is 9.53 Å². The van der Waals surface area contributed by atoms with E-state index in [0.717, 1.165) is 0 Å². The first kappa shape index (κ1) is 22.5. The van der Waals surface area contributed by atoms with E-state index >= 15 is 0 Å². The summed E-state index contributed by atoms with van der Waals surface area (Å²) in [5.74, 6) is 0.152. The van der Waals surface area contributed by atoms with Crippen LogP contribution in [0, 0.1) is 5.41 Å². The monoisotopic (exact) mass is 397 g/mol. The Kier molecular flexibility index (Phi) is 7.87. The van der Waals surface area contributed by atoms with E-state index in [-0.39, 0.29) is 24.6 Å². The fraction of sp³-hybridized carbons (Fsp3) is 0.368. The molecule has 148 valence electrons. The molecule has 1 aliphatic rings. The lowest BCUT2D eigenvalue weighted by molar-refractivity contribution is -0.130. The number of primary amides is 1. The van der Waals surface area contributed by atoms with E-state index in [1.165, 1.54) is 28.4 Å². The van der Waals surface area contributed by atoms with Crippen LogP contribution in [0.15, 0.2) is 36.4 Å². The molecule has 1 aromatic carbocycles. The SMILES string of the molecule is COc1cc(C(=O)CC2(C(N)=O)C=CC=CC2OC)cc(OC)c1OC.Cl. The van der Waals surface area contributed by atoms with Gasteiger partial charge in [-0.25, -0.2) is 0 Å². The van der Waals surface area contributed by atoms with Crippen LogP contribution in [0.5, 0.6) is 17.2 Å². The van der Waals surface area contributed by atoms with Crippen LogP contribution in [0.3, 0.4) is 0 Å². The van der Waals surface area contributed by atoms with Crippen LogP contribution in [0.25, 0.3) is 0 Å². The zero-order valence-corrected chi connectivity index (χ0v) is 16.5. The van der Waals surface area contributed by atoms with Gasteiger partial charge in [-0.3, -0.25) is 9.59 Å². The van der Waals surface area contributed by atoms with Crippen molar-refractivity contribution < 1.29 is 28.5 Å². The summed E-state index contributed by atoms with van der Waals surface area (Å²) in [6.45, 7) is 0. The van der Waals surface area contributed by atoms with Crippen molar-refractivity contribution in [2.45, 2.75) is 12.5 Å². The number of allylic oxidation sites excluding steroid dienone is 2. The number of nitrogens with two attached hydrogens (primary N) is 1. The summed E-state index contributed by atoms with van der Waals surface area (Å²) >= 11 is 0. The number of amides is 1. The van der Waals surface area contributed by atoms with E-state index in [0.29, 0.717) is 22.8 Å². The van der Waals surface area contributed by atoms with Crippen molar-refractivity contribution >= 4 is 24.1 Å². The fourth-order valence-corrected chi connectivity index (χ4v) is 3.03.